The van der Waals surface area contributed by atoms with Crippen molar-refractivity contribution in [2.75, 3.05) is 11.1 Å². The Morgan fingerprint density at radius 3 is 2.48 bits per heavy atom. The molecule has 0 aliphatic carbocycles. The molecule has 2 amide bonds. The van der Waals surface area contributed by atoms with Crippen molar-refractivity contribution in [3.63, 3.8) is 0 Å². The van der Waals surface area contributed by atoms with E-state index in [1.54, 1.807) is 60.8 Å². The Hall–Kier alpha value is -3.38. The van der Waals surface area contributed by atoms with Crippen LogP contribution in [0.1, 0.15) is 26.3 Å². The number of nitrogens with two attached hydrogens (primary N) is 1. The summed E-state index contributed by atoms with van der Waals surface area (Å²) in [7, 11) is 0. The standard InChI is InChI=1S/C20H17ClN4O2/c21-16-3-1-2-15(10-16)19(26)24-11-13-4-6-14(7-5-13)20(27)25-18-8-9-23-12-17(18)22/h1-10,12H,11,22H2,(H,24,26)(H,23,25,27). The molecule has 2 aromatic carbocycles. The molecule has 0 unspecified atom stereocenters. The molecule has 0 radical (unpaired) electrons. The van der Waals surface area contributed by atoms with Gasteiger partial charge >= 0.3 is 0 Å². The highest BCUT2D eigenvalue weighted by Crippen LogP contribution is 2.17. The van der Waals surface area contributed by atoms with Crippen LogP contribution in [0.25, 0.3) is 0 Å². The maximum absolute atomic E-state index is 12.3. The number of nitrogens with zero attached hydrogens (tertiary/aromatic N) is 1. The topological polar surface area (TPSA) is 97.1 Å². The van der Waals surface area contributed by atoms with Gasteiger partial charge in [-0.1, -0.05) is 29.8 Å². The second-order valence-corrected chi connectivity index (χ2v) is 6.24. The van der Waals surface area contributed by atoms with Crippen molar-refractivity contribution in [1.82, 2.24) is 10.3 Å². The molecule has 0 aliphatic heterocycles. The minimum absolute atomic E-state index is 0.215. The van der Waals surface area contributed by atoms with Crippen molar-refractivity contribution in [3.8, 4) is 0 Å². The summed E-state index contributed by atoms with van der Waals surface area (Å²) >= 11 is 5.89. The van der Waals surface area contributed by atoms with E-state index in [0.717, 1.165) is 5.56 Å². The van der Waals surface area contributed by atoms with Crippen molar-refractivity contribution in [2.24, 2.45) is 0 Å². The van der Waals surface area contributed by atoms with Crippen LogP contribution < -0.4 is 16.4 Å². The Labute approximate surface area is 161 Å². The molecule has 0 aliphatic rings. The number of anilines is 2. The maximum Gasteiger partial charge on any atom is 0.255 e. The van der Waals surface area contributed by atoms with Crippen LogP contribution in [-0.2, 0) is 6.54 Å². The Morgan fingerprint density at radius 1 is 1.00 bits per heavy atom. The predicted octanol–water partition coefficient (Wildman–Crippen LogP) is 3.50. The third-order valence-corrected chi connectivity index (χ3v) is 4.09. The first-order valence-electron chi connectivity index (χ1n) is 8.16. The Balaban J connectivity index is 1.59. The molecule has 1 aromatic heterocycles. The molecule has 3 rings (SSSR count). The molecular formula is C20H17ClN4O2. The fraction of sp³-hybridized carbons (Fsp3) is 0.0500. The molecule has 0 spiro atoms. The van der Waals surface area contributed by atoms with E-state index >= 15 is 0 Å². The Kier molecular flexibility index (Phi) is 5.68. The molecule has 4 N–H and O–H groups in total. The highest BCUT2D eigenvalue weighted by molar-refractivity contribution is 6.30. The van der Waals surface area contributed by atoms with Gasteiger partial charge in [-0.3, -0.25) is 14.6 Å². The molecule has 136 valence electrons. The second kappa shape index (κ2) is 8.33. The third kappa shape index (κ3) is 4.83. The summed E-state index contributed by atoms with van der Waals surface area (Å²) in [6, 6.07) is 15.3. The van der Waals surface area contributed by atoms with E-state index in [4.69, 9.17) is 17.3 Å². The van der Waals surface area contributed by atoms with E-state index in [1.165, 1.54) is 6.20 Å². The van der Waals surface area contributed by atoms with Crippen LogP contribution in [0.2, 0.25) is 5.02 Å². The number of aromatic nitrogens is 1. The van der Waals surface area contributed by atoms with Gasteiger partial charge in [-0.05, 0) is 42.0 Å². The molecule has 1 heterocycles. The molecule has 0 saturated heterocycles. The van der Waals surface area contributed by atoms with E-state index in [-0.39, 0.29) is 11.8 Å². The van der Waals surface area contributed by atoms with Crippen molar-refractivity contribution in [2.45, 2.75) is 6.54 Å². The number of hydrogen-bond acceptors (Lipinski definition) is 4. The number of rotatable bonds is 5. The molecule has 0 atom stereocenters. The highest BCUT2D eigenvalue weighted by atomic mass is 35.5. The van der Waals surface area contributed by atoms with Crippen LogP contribution in [0.5, 0.6) is 0 Å². The predicted molar refractivity (Wildman–Crippen MR) is 106 cm³/mol. The summed E-state index contributed by atoms with van der Waals surface area (Å²) in [5, 5.41) is 6.06. The van der Waals surface area contributed by atoms with Crippen molar-refractivity contribution in [1.29, 1.82) is 0 Å². The van der Waals surface area contributed by atoms with Gasteiger partial charge in [-0.25, -0.2) is 0 Å². The SMILES string of the molecule is Nc1cnccc1NC(=O)c1ccc(CNC(=O)c2cccc(Cl)c2)cc1. The zero-order valence-electron chi connectivity index (χ0n) is 14.3. The van der Waals surface area contributed by atoms with Crippen LogP contribution in [0.3, 0.4) is 0 Å². The van der Waals surface area contributed by atoms with Gasteiger partial charge in [0, 0.05) is 28.9 Å². The summed E-state index contributed by atoms with van der Waals surface area (Å²) in [6.45, 7) is 0.338. The number of nitrogen functional groups attached to an aromatic ring is 1. The van der Waals surface area contributed by atoms with Gasteiger partial charge < -0.3 is 16.4 Å². The Morgan fingerprint density at radius 2 is 1.78 bits per heavy atom. The zero-order valence-corrected chi connectivity index (χ0v) is 15.0. The maximum atomic E-state index is 12.3. The largest absolute Gasteiger partial charge is 0.396 e. The van der Waals surface area contributed by atoms with Crippen molar-refractivity contribution < 1.29 is 9.59 Å². The van der Waals surface area contributed by atoms with Gasteiger partial charge in [0.1, 0.15) is 0 Å². The first-order valence-corrected chi connectivity index (χ1v) is 8.54. The number of benzene rings is 2. The van der Waals surface area contributed by atoms with Crippen LogP contribution in [0.4, 0.5) is 11.4 Å². The molecule has 27 heavy (non-hydrogen) atoms. The molecule has 3 aromatic rings. The smallest absolute Gasteiger partial charge is 0.255 e. The summed E-state index contributed by atoms with van der Waals surface area (Å²) < 4.78 is 0. The first-order chi connectivity index (χ1) is 13.0. The summed E-state index contributed by atoms with van der Waals surface area (Å²) in [4.78, 5) is 28.3. The van der Waals surface area contributed by atoms with Crippen molar-refractivity contribution in [3.05, 3.63) is 88.7 Å². The fourth-order valence-corrected chi connectivity index (χ4v) is 2.59. The van der Waals surface area contributed by atoms with Crippen LogP contribution >= 0.6 is 11.6 Å². The number of pyridine rings is 1. The van der Waals surface area contributed by atoms with E-state index in [0.29, 0.717) is 34.1 Å². The van der Waals surface area contributed by atoms with Gasteiger partial charge in [-0.15, -0.1) is 0 Å². The molecule has 7 heteroatoms. The first kappa shape index (κ1) is 18.4. The number of hydrogen-bond donors (Lipinski definition) is 3. The average Bonchev–Trinajstić information content (AvgIpc) is 2.68. The third-order valence-electron chi connectivity index (χ3n) is 3.86. The quantitative estimate of drug-likeness (QED) is 0.631. The monoisotopic (exact) mass is 380 g/mol. The fourth-order valence-electron chi connectivity index (χ4n) is 2.40. The van der Waals surface area contributed by atoms with Crippen LogP contribution in [0, 0.1) is 0 Å². The van der Waals surface area contributed by atoms with Gasteiger partial charge in [-0.2, -0.15) is 0 Å². The lowest BCUT2D eigenvalue weighted by atomic mass is 10.1. The Bertz CT molecular complexity index is 974. The lowest BCUT2D eigenvalue weighted by Gasteiger charge is -2.09. The van der Waals surface area contributed by atoms with Crippen LogP contribution in [0.15, 0.2) is 67.0 Å². The van der Waals surface area contributed by atoms with E-state index in [9.17, 15) is 9.59 Å². The number of nitrogens with one attached hydrogen (secondary N) is 2. The highest BCUT2D eigenvalue weighted by Gasteiger charge is 2.09. The average molecular weight is 381 g/mol. The molecular weight excluding hydrogens is 364 g/mol. The summed E-state index contributed by atoms with van der Waals surface area (Å²) in [6.07, 6.45) is 3.03. The van der Waals surface area contributed by atoms with Gasteiger partial charge in [0.15, 0.2) is 0 Å². The molecule has 6 nitrogen and oxygen atoms in total. The normalized spacial score (nSPS) is 10.3. The van der Waals surface area contributed by atoms with Gasteiger partial charge in [0.05, 0.1) is 17.6 Å². The van der Waals surface area contributed by atoms with Crippen LogP contribution in [-0.4, -0.2) is 16.8 Å². The minimum Gasteiger partial charge on any atom is -0.396 e. The molecule has 0 saturated carbocycles. The van der Waals surface area contributed by atoms with E-state index in [2.05, 4.69) is 15.6 Å². The lowest BCUT2D eigenvalue weighted by molar-refractivity contribution is 0.0949. The number of carbonyl (C=O) groups excluding carboxylic acids is 2. The van der Waals surface area contributed by atoms with E-state index in [1.807, 2.05) is 0 Å². The molecule has 0 bridgehead atoms. The minimum atomic E-state index is -0.276. The number of amides is 2. The number of halogens is 1. The van der Waals surface area contributed by atoms with E-state index < -0.39 is 0 Å². The van der Waals surface area contributed by atoms with Crippen molar-refractivity contribution >= 4 is 34.8 Å². The van der Waals surface area contributed by atoms with Gasteiger partial charge in [0.2, 0.25) is 0 Å². The van der Waals surface area contributed by atoms with Gasteiger partial charge in [0.25, 0.3) is 11.8 Å². The summed E-state index contributed by atoms with van der Waals surface area (Å²) in [5.74, 6) is -0.491. The number of carbonyl (C=O) groups is 2. The second-order valence-electron chi connectivity index (χ2n) is 5.81. The lowest BCUT2D eigenvalue weighted by Crippen LogP contribution is -2.22. The molecule has 0 fully saturated rings. The summed E-state index contributed by atoms with van der Waals surface area (Å²) in [5.41, 5.74) is 8.51. The zero-order chi connectivity index (χ0) is 19.2.